The van der Waals surface area contributed by atoms with Crippen molar-refractivity contribution < 1.29 is 4.79 Å². The van der Waals surface area contributed by atoms with E-state index in [1.807, 2.05) is 36.4 Å². The van der Waals surface area contributed by atoms with Gasteiger partial charge in [0.05, 0.1) is 8.07 Å². The van der Waals surface area contributed by atoms with Gasteiger partial charge in [-0.05, 0) is 30.1 Å². The van der Waals surface area contributed by atoms with Gasteiger partial charge in [-0.15, -0.1) is 0 Å². The van der Waals surface area contributed by atoms with Gasteiger partial charge >= 0.3 is 0 Å². The fraction of sp³-hybridized carbons (Fsp3) is 0.450. The lowest BCUT2D eigenvalue weighted by molar-refractivity contribution is -0.111. The smallest absolute Gasteiger partial charge is 0.181 e. The molecular formula is C20H30OSi. The molecule has 0 atom stereocenters. The summed E-state index contributed by atoms with van der Waals surface area (Å²) in [5.41, 5.74) is 4.37. The lowest BCUT2D eigenvalue weighted by Crippen LogP contribution is -2.18. The van der Waals surface area contributed by atoms with Crippen LogP contribution in [0, 0.1) is 0 Å². The lowest BCUT2D eigenvalue weighted by atomic mass is 10.0. The number of carbonyl (C=O) groups is 1. The van der Waals surface area contributed by atoms with Gasteiger partial charge in [-0.2, -0.15) is 0 Å². The van der Waals surface area contributed by atoms with E-state index in [4.69, 9.17) is 0 Å². The highest BCUT2D eigenvalue weighted by Gasteiger charge is 2.14. The summed E-state index contributed by atoms with van der Waals surface area (Å²) in [6.45, 7) is 9.07. The van der Waals surface area contributed by atoms with Crippen molar-refractivity contribution in [2.75, 3.05) is 0 Å². The number of rotatable bonds is 9. The SMILES string of the molecule is CCCCCC/C(=C\[Si](C)(C)C)C(=O)/C=C/c1ccccc1. The Kier molecular flexibility index (Phi) is 8.11. The first kappa shape index (κ1) is 18.6. The second-order valence-electron chi connectivity index (χ2n) is 6.95. The Morgan fingerprint density at radius 3 is 2.32 bits per heavy atom. The Hall–Kier alpha value is -1.41. The molecule has 0 saturated carbocycles. The minimum Gasteiger partial charge on any atom is -0.290 e. The van der Waals surface area contributed by atoms with E-state index in [-0.39, 0.29) is 5.78 Å². The highest BCUT2D eigenvalue weighted by atomic mass is 28.3. The van der Waals surface area contributed by atoms with Crippen LogP contribution in [-0.2, 0) is 4.79 Å². The summed E-state index contributed by atoms with van der Waals surface area (Å²) in [5.74, 6) is 0.183. The van der Waals surface area contributed by atoms with Crippen molar-refractivity contribution in [3.05, 3.63) is 53.2 Å². The first-order valence-electron chi connectivity index (χ1n) is 8.41. The van der Waals surface area contributed by atoms with Crippen LogP contribution < -0.4 is 0 Å². The second kappa shape index (κ2) is 9.57. The largest absolute Gasteiger partial charge is 0.290 e. The molecule has 0 heterocycles. The molecule has 0 unspecified atom stereocenters. The van der Waals surface area contributed by atoms with Crippen molar-refractivity contribution in [2.24, 2.45) is 0 Å². The average molecular weight is 315 g/mol. The zero-order chi connectivity index (χ0) is 16.4. The van der Waals surface area contributed by atoms with Gasteiger partial charge in [-0.1, -0.05) is 87.9 Å². The van der Waals surface area contributed by atoms with Crippen molar-refractivity contribution in [1.82, 2.24) is 0 Å². The van der Waals surface area contributed by atoms with Crippen LogP contribution in [0.3, 0.4) is 0 Å². The van der Waals surface area contributed by atoms with Crippen LogP contribution in [0.4, 0.5) is 0 Å². The molecule has 2 heteroatoms. The molecule has 0 bridgehead atoms. The van der Waals surface area contributed by atoms with E-state index in [1.54, 1.807) is 6.08 Å². The fourth-order valence-corrected chi connectivity index (χ4v) is 3.71. The Morgan fingerprint density at radius 1 is 1.05 bits per heavy atom. The van der Waals surface area contributed by atoms with Crippen LogP contribution in [0.15, 0.2) is 47.7 Å². The maximum absolute atomic E-state index is 12.5. The number of ketones is 1. The molecule has 0 N–H and O–H groups in total. The number of unbranched alkanes of at least 4 members (excludes halogenated alkanes) is 3. The van der Waals surface area contributed by atoms with E-state index in [1.165, 1.54) is 19.3 Å². The summed E-state index contributed by atoms with van der Waals surface area (Å²) in [5, 5.41) is 0. The Morgan fingerprint density at radius 2 is 1.73 bits per heavy atom. The molecule has 0 saturated heterocycles. The minimum absolute atomic E-state index is 0.183. The highest BCUT2D eigenvalue weighted by molar-refractivity contribution is 6.81. The standard InChI is InChI=1S/C20H30OSi/c1-5-6-7-11-14-19(17-22(2,3)4)20(21)16-15-18-12-9-8-10-13-18/h8-10,12-13,15-17H,5-7,11,14H2,1-4H3/b16-15+,19-17+. The number of carbonyl (C=O) groups excluding carboxylic acids is 1. The summed E-state index contributed by atoms with van der Waals surface area (Å²) >= 11 is 0. The van der Waals surface area contributed by atoms with Crippen molar-refractivity contribution in [1.29, 1.82) is 0 Å². The van der Waals surface area contributed by atoms with E-state index in [0.717, 1.165) is 24.0 Å². The molecule has 0 aromatic heterocycles. The first-order chi connectivity index (χ1) is 10.4. The predicted octanol–water partition coefficient (Wildman–Crippen LogP) is 6.04. The van der Waals surface area contributed by atoms with Gasteiger partial charge in [-0.3, -0.25) is 4.79 Å². The zero-order valence-corrected chi connectivity index (χ0v) is 15.6. The quantitative estimate of drug-likeness (QED) is 0.308. The molecule has 0 aliphatic heterocycles. The van der Waals surface area contributed by atoms with Gasteiger partial charge in [-0.25, -0.2) is 0 Å². The molecule has 0 aliphatic rings. The Bertz CT molecular complexity index is 506. The van der Waals surface area contributed by atoms with Crippen LogP contribution in [0.1, 0.15) is 44.6 Å². The van der Waals surface area contributed by atoms with E-state index in [2.05, 4.69) is 32.3 Å². The summed E-state index contributed by atoms with van der Waals surface area (Å²) in [4.78, 5) is 12.5. The molecule has 1 aromatic rings. The second-order valence-corrected chi connectivity index (χ2v) is 12.0. The molecule has 120 valence electrons. The molecule has 1 rings (SSSR count). The van der Waals surface area contributed by atoms with Gasteiger partial charge < -0.3 is 0 Å². The summed E-state index contributed by atoms with van der Waals surface area (Å²) < 4.78 is 0. The minimum atomic E-state index is -1.38. The first-order valence-corrected chi connectivity index (χ1v) is 12.0. The van der Waals surface area contributed by atoms with Gasteiger partial charge in [0.2, 0.25) is 0 Å². The van der Waals surface area contributed by atoms with Crippen molar-refractivity contribution >= 4 is 19.9 Å². The molecule has 1 nitrogen and oxygen atoms in total. The third-order valence-electron chi connectivity index (χ3n) is 3.45. The van der Waals surface area contributed by atoms with Gasteiger partial charge in [0, 0.05) is 0 Å². The van der Waals surface area contributed by atoms with E-state index in [9.17, 15) is 4.79 Å². The number of hydrogen-bond acceptors (Lipinski definition) is 1. The number of hydrogen-bond donors (Lipinski definition) is 0. The Labute approximate surface area is 137 Å². The fourth-order valence-electron chi connectivity index (χ4n) is 2.37. The molecule has 0 spiro atoms. The maximum Gasteiger partial charge on any atom is 0.181 e. The van der Waals surface area contributed by atoms with Gasteiger partial charge in [0.15, 0.2) is 5.78 Å². The summed E-state index contributed by atoms with van der Waals surface area (Å²) in [7, 11) is -1.38. The summed E-state index contributed by atoms with van der Waals surface area (Å²) in [6.07, 6.45) is 9.41. The van der Waals surface area contributed by atoms with E-state index >= 15 is 0 Å². The van der Waals surface area contributed by atoms with Crippen LogP contribution in [-0.4, -0.2) is 13.9 Å². The van der Waals surface area contributed by atoms with Crippen LogP contribution in [0.5, 0.6) is 0 Å². The number of allylic oxidation sites excluding steroid dienone is 2. The average Bonchev–Trinajstić information content (AvgIpc) is 2.48. The van der Waals surface area contributed by atoms with Crippen molar-refractivity contribution in [3.63, 3.8) is 0 Å². The van der Waals surface area contributed by atoms with Gasteiger partial charge in [0.1, 0.15) is 0 Å². The molecule has 0 aliphatic carbocycles. The van der Waals surface area contributed by atoms with E-state index < -0.39 is 8.07 Å². The van der Waals surface area contributed by atoms with Crippen LogP contribution >= 0.6 is 0 Å². The molecular weight excluding hydrogens is 284 g/mol. The molecule has 0 amide bonds. The van der Waals surface area contributed by atoms with E-state index in [0.29, 0.717) is 0 Å². The molecule has 22 heavy (non-hydrogen) atoms. The maximum atomic E-state index is 12.5. The molecule has 1 aromatic carbocycles. The summed E-state index contributed by atoms with van der Waals surface area (Å²) in [6, 6.07) is 10.0. The zero-order valence-electron chi connectivity index (χ0n) is 14.6. The predicted molar refractivity (Wildman–Crippen MR) is 101 cm³/mol. The third kappa shape index (κ3) is 8.13. The third-order valence-corrected chi connectivity index (χ3v) is 4.66. The Balaban J connectivity index is 2.75. The monoisotopic (exact) mass is 314 g/mol. The number of benzene rings is 1. The van der Waals surface area contributed by atoms with Crippen molar-refractivity contribution in [3.8, 4) is 0 Å². The van der Waals surface area contributed by atoms with Gasteiger partial charge in [0.25, 0.3) is 0 Å². The topological polar surface area (TPSA) is 17.1 Å². The van der Waals surface area contributed by atoms with Crippen LogP contribution in [0.25, 0.3) is 6.08 Å². The normalized spacial score (nSPS) is 12.8. The lowest BCUT2D eigenvalue weighted by Gasteiger charge is -2.13. The van der Waals surface area contributed by atoms with Crippen molar-refractivity contribution in [2.45, 2.75) is 58.7 Å². The molecule has 0 radical (unpaired) electrons. The highest BCUT2D eigenvalue weighted by Crippen LogP contribution is 2.17. The molecule has 0 fully saturated rings. The van der Waals surface area contributed by atoms with Crippen LogP contribution in [0.2, 0.25) is 19.6 Å².